The average Bonchev–Trinajstić information content (AvgIpc) is 2.66. The minimum atomic E-state index is -0.202. The van der Waals surface area contributed by atoms with Gasteiger partial charge in [-0.3, -0.25) is 0 Å². The molecule has 2 fully saturated rings. The first-order valence-electron chi connectivity index (χ1n) is 6.89. The van der Waals surface area contributed by atoms with Crippen molar-refractivity contribution in [1.82, 2.24) is 0 Å². The van der Waals surface area contributed by atoms with E-state index in [2.05, 4.69) is 40.7 Å². The lowest BCUT2D eigenvalue weighted by molar-refractivity contribution is -0.0895. The molecule has 0 N–H and O–H groups in total. The number of hydrogen-bond donors (Lipinski definition) is 0. The van der Waals surface area contributed by atoms with Gasteiger partial charge >= 0.3 is 0 Å². The summed E-state index contributed by atoms with van der Waals surface area (Å²) < 4.78 is 12.3. The molecule has 0 spiro atoms. The lowest BCUT2D eigenvalue weighted by Crippen LogP contribution is -2.45. The van der Waals surface area contributed by atoms with Crippen LogP contribution in [-0.2, 0) is 9.47 Å². The highest BCUT2D eigenvalue weighted by atomic mass is 35.5. The maximum atomic E-state index is 6.51. The van der Waals surface area contributed by atoms with E-state index in [1.807, 2.05) is 0 Å². The summed E-state index contributed by atoms with van der Waals surface area (Å²) in [7, 11) is 0. The molecular formula is C15H25ClO2. The summed E-state index contributed by atoms with van der Waals surface area (Å²) in [5.41, 5.74) is 0.899. The molecule has 2 bridgehead atoms. The molecule has 0 amide bonds. The largest absolute Gasteiger partial charge is 0.371 e. The highest BCUT2D eigenvalue weighted by Crippen LogP contribution is 2.56. The van der Waals surface area contributed by atoms with E-state index < -0.39 is 0 Å². The van der Waals surface area contributed by atoms with E-state index in [9.17, 15) is 0 Å². The Balaban J connectivity index is 2.07. The van der Waals surface area contributed by atoms with E-state index in [4.69, 9.17) is 21.1 Å². The first-order valence-corrected chi connectivity index (χ1v) is 7.33. The molecule has 3 heteroatoms. The van der Waals surface area contributed by atoms with Crippen LogP contribution in [0.4, 0.5) is 0 Å². The summed E-state index contributed by atoms with van der Waals surface area (Å²) in [4.78, 5) is 0. The number of allylic oxidation sites excluding steroid dienone is 1. The molecule has 2 rings (SSSR count). The van der Waals surface area contributed by atoms with Gasteiger partial charge in [-0.1, -0.05) is 25.5 Å². The molecule has 4 atom stereocenters. The normalized spacial score (nSPS) is 42.6. The number of rotatable bonds is 4. The van der Waals surface area contributed by atoms with Crippen LogP contribution in [0.2, 0.25) is 0 Å². The van der Waals surface area contributed by atoms with Crippen molar-refractivity contribution in [2.45, 2.75) is 70.1 Å². The topological polar surface area (TPSA) is 18.5 Å². The van der Waals surface area contributed by atoms with Gasteiger partial charge in [0.2, 0.25) is 0 Å². The smallest absolute Gasteiger partial charge is 0.0939 e. The second-order valence-electron chi connectivity index (χ2n) is 6.50. The van der Waals surface area contributed by atoms with E-state index in [-0.39, 0.29) is 22.7 Å². The van der Waals surface area contributed by atoms with Gasteiger partial charge in [-0.2, -0.15) is 0 Å². The van der Waals surface area contributed by atoms with Gasteiger partial charge in [0, 0.05) is 6.42 Å². The van der Waals surface area contributed by atoms with Gasteiger partial charge in [0.05, 0.1) is 29.3 Å². The van der Waals surface area contributed by atoms with Crippen LogP contribution in [0.15, 0.2) is 11.6 Å². The molecule has 18 heavy (non-hydrogen) atoms. The van der Waals surface area contributed by atoms with Gasteiger partial charge in [0.1, 0.15) is 0 Å². The third-order valence-corrected chi connectivity index (χ3v) is 5.01. The van der Waals surface area contributed by atoms with Crippen LogP contribution in [0.1, 0.15) is 47.5 Å². The molecule has 104 valence electrons. The fourth-order valence-electron chi connectivity index (χ4n) is 3.22. The zero-order chi connectivity index (χ0) is 13.6. The number of halogens is 1. The summed E-state index contributed by atoms with van der Waals surface area (Å²) in [5, 5.41) is 0.116. The van der Waals surface area contributed by atoms with Crippen molar-refractivity contribution >= 4 is 11.6 Å². The van der Waals surface area contributed by atoms with E-state index >= 15 is 0 Å². The van der Waals surface area contributed by atoms with Crippen molar-refractivity contribution in [1.29, 1.82) is 0 Å². The first kappa shape index (κ1) is 14.4. The van der Waals surface area contributed by atoms with Crippen LogP contribution >= 0.6 is 11.6 Å². The fraction of sp³-hybridized carbons (Fsp3) is 0.867. The maximum absolute atomic E-state index is 6.51. The van der Waals surface area contributed by atoms with Crippen LogP contribution in [0.25, 0.3) is 0 Å². The van der Waals surface area contributed by atoms with Gasteiger partial charge in [-0.05, 0) is 33.1 Å². The van der Waals surface area contributed by atoms with E-state index in [1.165, 1.54) is 5.57 Å². The number of fused-ring (bicyclic) bond motifs is 2. The molecule has 2 saturated heterocycles. The molecule has 4 unspecified atom stereocenters. The zero-order valence-corrected chi connectivity index (χ0v) is 12.9. The maximum Gasteiger partial charge on any atom is 0.0939 e. The lowest BCUT2D eigenvalue weighted by atomic mass is 9.75. The van der Waals surface area contributed by atoms with Crippen molar-refractivity contribution < 1.29 is 9.47 Å². The molecular weight excluding hydrogens is 248 g/mol. The van der Waals surface area contributed by atoms with Crippen molar-refractivity contribution in [2.75, 3.05) is 6.61 Å². The minimum absolute atomic E-state index is 0.116. The quantitative estimate of drug-likeness (QED) is 0.570. The molecule has 2 aliphatic heterocycles. The van der Waals surface area contributed by atoms with Crippen molar-refractivity contribution in [3.8, 4) is 0 Å². The third-order valence-electron chi connectivity index (χ3n) is 4.49. The summed E-state index contributed by atoms with van der Waals surface area (Å²) in [6.07, 6.45) is 4.11. The predicted molar refractivity (Wildman–Crippen MR) is 75.1 cm³/mol. The Kier molecular flexibility index (Phi) is 3.84. The molecule has 0 saturated carbocycles. The molecule has 2 aliphatic rings. The molecule has 2 heterocycles. The summed E-state index contributed by atoms with van der Waals surface area (Å²) >= 11 is 6.51. The second-order valence-corrected chi connectivity index (χ2v) is 7.03. The number of alkyl halides is 1. The van der Waals surface area contributed by atoms with Crippen LogP contribution in [-0.4, -0.2) is 29.3 Å². The molecule has 0 radical (unpaired) electrons. The monoisotopic (exact) mass is 272 g/mol. The standard InChI is InChI=1S/C15H25ClO2/c1-10(2)6-7-17-13-9-15(11(3)4)12(16)8-14(13,5)18-15/h6,11-13H,7-9H2,1-5H3. The molecule has 0 aromatic rings. The van der Waals surface area contributed by atoms with Crippen LogP contribution in [0, 0.1) is 5.92 Å². The van der Waals surface area contributed by atoms with Crippen LogP contribution in [0.3, 0.4) is 0 Å². The van der Waals surface area contributed by atoms with Gasteiger partial charge in [-0.15, -0.1) is 11.6 Å². The summed E-state index contributed by atoms with van der Waals surface area (Å²) in [6.45, 7) is 11.4. The van der Waals surface area contributed by atoms with Crippen molar-refractivity contribution in [2.24, 2.45) is 5.92 Å². The van der Waals surface area contributed by atoms with E-state index in [0.717, 1.165) is 12.8 Å². The number of ether oxygens (including phenoxy) is 2. The zero-order valence-electron chi connectivity index (χ0n) is 12.1. The average molecular weight is 273 g/mol. The van der Waals surface area contributed by atoms with Gasteiger partial charge in [0.25, 0.3) is 0 Å². The third kappa shape index (κ3) is 2.23. The van der Waals surface area contributed by atoms with E-state index in [0.29, 0.717) is 12.5 Å². The summed E-state index contributed by atoms with van der Waals surface area (Å²) in [5.74, 6) is 0.430. The fourth-order valence-corrected chi connectivity index (χ4v) is 3.91. The van der Waals surface area contributed by atoms with Crippen molar-refractivity contribution in [3.05, 3.63) is 11.6 Å². The SMILES string of the molecule is CC(C)=CCOC1CC2(C(C)C)OC1(C)CC2Cl. The molecule has 0 aliphatic carbocycles. The predicted octanol–water partition coefficient (Wildman–Crippen LogP) is 3.92. The Morgan fingerprint density at radius 3 is 2.61 bits per heavy atom. The Bertz CT molecular complexity index is 348. The minimum Gasteiger partial charge on any atom is -0.371 e. The summed E-state index contributed by atoms with van der Waals surface area (Å²) in [6, 6.07) is 0. The van der Waals surface area contributed by atoms with Crippen LogP contribution in [0.5, 0.6) is 0 Å². The number of hydrogen-bond acceptors (Lipinski definition) is 2. The molecule has 0 aromatic carbocycles. The Labute approximate surface area is 116 Å². The first-order chi connectivity index (χ1) is 8.30. The highest BCUT2D eigenvalue weighted by molar-refractivity contribution is 6.21. The van der Waals surface area contributed by atoms with Crippen LogP contribution < -0.4 is 0 Å². The Morgan fingerprint density at radius 1 is 1.44 bits per heavy atom. The van der Waals surface area contributed by atoms with Gasteiger partial charge in [0.15, 0.2) is 0 Å². The Hall–Kier alpha value is -0.0500. The molecule has 2 nitrogen and oxygen atoms in total. The highest BCUT2D eigenvalue weighted by Gasteiger charge is 2.65. The van der Waals surface area contributed by atoms with Gasteiger partial charge < -0.3 is 9.47 Å². The van der Waals surface area contributed by atoms with Gasteiger partial charge in [-0.25, -0.2) is 0 Å². The Morgan fingerprint density at radius 2 is 2.11 bits per heavy atom. The van der Waals surface area contributed by atoms with Crippen molar-refractivity contribution in [3.63, 3.8) is 0 Å². The second kappa shape index (κ2) is 4.81. The van der Waals surface area contributed by atoms with E-state index in [1.54, 1.807) is 0 Å². The molecule has 0 aromatic heterocycles. The lowest BCUT2D eigenvalue weighted by Gasteiger charge is -2.35.